The summed E-state index contributed by atoms with van der Waals surface area (Å²) in [5.41, 5.74) is 0.116. The van der Waals surface area contributed by atoms with Gasteiger partial charge >= 0.3 is 0 Å². The first-order valence-corrected chi connectivity index (χ1v) is 9.86. The van der Waals surface area contributed by atoms with E-state index in [9.17, 15) is 4.79 Å². The first kappa shape index (κ1) is 16.8. The monoisotopic (exact) mass is 406 g/mol. The van der Waals surface area contributed by atoms with Gasteiger partial charge in [-0.15, -0.1) is 0 Å². The number of aromatic nitrogens is 3. The molecule has 0 radical (unpaired) electrons. The highest BCUT2D eigenvalue weighted by Crippen LogP contribution is 2.52. The third-order valence-electron chi connectivity index (χ3n) is 5.67. The molecule has 6 nitrogen and oxygen atoms in total. The minimum atomic E-state index is -0.0382. The molecule has 2 aliphatic rings. The first-order valence-electron chi connectivity index (χ1n) is 9.07. The number of nitrogens with one attached hydrogen (secondary N) is 1. The van der Waals surface area contributed by atoms with Crippen molar-refractivity contribution >= 4 is 21.8 Å². The Hall–Kier alpha value is -1.63. The number of aromatic amines is 1. The molecule has 1 unspecified atom stereocenters. The number of likely N-dealkylation sites (tertiary alicyclic amines) is 1. The Bertz CT molecular complexity index is 763. The maximum Gasteiger partial charge on any atom is 0.289 e. The van der Waals surface area contributed by atoms with E-state index in [0.717, 1.165) is 43.9 Å². The van der Waals surface area contributed by atoms with Gasteiger partial charge in [0.05, 0.1) is 0 Å². The molecule has 1 spiro atoms. The van der Waals surface area contributed by atoms with E-state index in [1.165, 1.54) is 12.8 Å². The lowest BCUT2D eigenvalue weighted by Gasteiger charge is -2.27. The minimum absolute atomic E-state index is 0.0382. The van der Waals surface area contributed by atoms with Crippen LogP contribution in [0.15, 0.2) is 21.2 Å². The van der Waals surface area contributed by atoms with Gasteiger partial charge in [-0.3, -0.25) is 9.89 Å². The number of H-pyrrole nitrogens is 1. The third kappa shape index (κ3) is 3.03. The number of carbonyl (C=O) groups is 1. The Labute approximate surface area is 155 Å². The molecule has 1 saturated carbocycles. The summed E-state index contributed by atoms with van der Waals surface area (Å²) in [7, 11) is 0. The van der Waals surface area contributed by atoms with Crippen molar-refractivity contribution in [2.75, 3.05) is 13.1 Å². The topological polar surface area (TPSA) is 75.0 Å². The molecule has 2 aromatic heterocycles. The van der Waals surface area contributed by atoms with Gasteiger partial charge in [0, 0.05) is 25.4 Å². The van der Waals surface area contributed by atoms with Crippen LogP contribution < -0.4 is 0 Å². The lowest BCUT2D eigenvalue weighted by atomic mass is 9.76. The van der Waals surface area contributed by atoms with Gasteiger partial charge in [0.25, 0.3) is 5.91 Å². The Kier molecular flexibility index (Phi) is 4.43. The zero-order valence-corrected chi connectivity index (χ0v) is 16.0. The summed E-state index contributed by atoms with van der Waals surface area (Å²) in [4.78, 5) is 19.5. The zero-order chi connectivity index (χ0) is 17.4. The molecular formula is C18H23BrN4O2. The van der Waals surface area contributed by atoms with E-state index in [1.807, 2.05) is 4.90 Å². The number of carbonyl (C=O) groups excluding carboxylic acids is 1. The molecule has 1 amide bonds. The summed E-state index contributed by atoms with van der Waals surface area (Å²) in [6.07, 6.45) is 6.67. The van der Waals surface area contributed by atoms with Gasteiger partial charge in [-0.1, -0.05) is 19.8 Å². The Morgan fingerprint density at radius 3 is 2.92 bits per heavy atom. The van der Waals surface area contributed by atoms with E-state index < -0.39 is 0 Å². The smallest absolute Gasteiger partial charge is 0.289 e. The van der Waals surface area contributed by atoms with Crippen molar-refractivity contribution in [3.05, 3.63) is 34.2 Å². The van der Waals surface area contributed by atoms with Gasteiger partial charge in [-0.2, -0.15) is 5.10 Å². The molecule has 4 rings (SSSR count). The Morgan fingerprint density at radius 1 is 1.44 bits per heavy atom. The standard InChI is InChI=1S/C18H23BrN4O2/c1-2-5-15-20-16(22-21-15)12-10-23(11-18(12)8-3-4-9-18)17(24)13-6-7-14(19)25-13/h6-7,12H,2-5,8-11H2,1H3,(H,20,21,22). The Morgan fingerprint density at radius 2 is 2.24 bits per heavy atom. The average molecular weight is 407 g/mol. The molecule has 1 saturated heterocycles. The van der Waals surface area contributed by atoms with Crippen LogP contribution in [0.4, 0.5) is 0 Å². The second-order valence-corrected chi connectivity index (χ2v) is 8.08. The average Bonchev–Trinajstić information content (AvgIpc) is 3.36. The molecule has 1 atom stereocenters. The molecular weight excluding hydrogens is 384 g/mol. The van der Waals surface area contributed by atoms with Crippen LogP contribution in [0.25, 0.3) is 0 Å². The number of hydrogen-bond acceptors (Lipinski definition) is 4. The molecule has 2 fully saturated rings. The second-order valence-electron chi connectivity index (χ2n) is 7.30. The summed E-state index contributed by atoms with van der Waals surface area (Å²) in [5, 5.41) is 7.58. The maximum absolute atomic E-state index is 12.8. The molecule has 25 heavy (non-hydrogen) atoms. The fraction of sp³-hybridized carbons (Fsp3) is 0.611. The van der Waals surface area contributed by atoms with Crippen LogP contribution in [0.1, 0.15) is 67.1 Å². The van der Waals surface area contributed by atoms with Crippen molar-refractivity contribution in [3.63, 3.8) is 0 Å². The van der Waals surface area contributed by atoms with Crippen LogP contribution in [0.5, 0.6) is 0 Å². The number of hydrogen-bond donors (Lipinski definition) is 1. The predicted octanol–water partition coefficient (Wildman–Crippen LogP) is 3.91. The SMILES string of the molecule is CCCc1nc(C2CN(C(=O)c3ccc(Br)o3)CC23CCCC3)n[nH]1. The lowest BCUT2D eigenvalue weighted by molar-refractivity contribution is 0.0740. The van der Waals surface area contributed by atoms with Gasteiger partial charge in [0.2, 0.25) is 0 Å². The van der Waals surface area contributed by atoms with Gasteiger partial charge < -0.3 is 9.32 Å². The highest BCUT2D eigenvalue weighted by atomic mass is 79.9. The quantitative estimate of drug-likeness (QED) is 0.834. The predicted molar refractivity (Wildman–Crippen MR) is 96.3 cm³/mol. The summed E-state index contributed by atoms with van der Waals surface area (Å²) in [6, 6.07) is 3.49. The summed E-state index contributed by atoms with van der Waals surface area (Å²) >= 11 is 3.27. The Balaban J connectivity index is 1.60. The zero-order valence-electron chi connectivity index (χ0n) is 14.4. The van der Waals surface area contributed by atoms with Gasteiger partial charge in [-0.05, 0) is 52.7 Å². The number of furan rings is 1. The van der Waals surface area contributed by atoms with Gasteiger partial charge in [0.15, 0.2) is 16.3 Å². The molecule has 1 aliphatic heterocycles. The molecule has 2 aromatic rings. The van der Waals surface area contributed by atoms with E-state index in [4.69, 9.17) is 9.40 Å². The van der Waals surface area contributed by atoms with Crippen molar-refractivity contribution in [3.8, 4) is 0 Å². The van der Waals surface area contributed by atoms with Crippen molar-refractivity contribution in [1.29, 1.82) is 0 Å². The summed E-state index contributed by atoms with van der Waals surface area (Å²) in [6.45, 7) is 3.57. The van der Waals surface area contributed by atoms with Crippen LogP contribution in [0.3, 0.4) is 0 Å². The highest BCUT2D eigenvalue weighted by molar-refractivity contribution is 9.10. The van der Waals surface area contributed by atoms with Crippen LogP contribution in [-0.4, -0.2) is 39.1 Å². The van der Waals surface area contributed by atoms with Gasteiger partial charge in [-0.25, -0.2) is 4.98 Å². The second kappa shape index (κ2) is 6.59. The highest BCUT2D eigenvalue weighted by Gasteiger charge is 2.51. The van der Waals surface area contributed by atoms with E-state index in [1.54, 1.807) is 12.1 Å². The number of halogens is 1. The molecule has 1 N–H and O–H groups in total. The van der Waals surface area contributed by atoms with E-state index in [-0.39, 0.29) is 17.2 Å². The van der Waals surface area contributed by atoms with Gasteiger partial charge in [0.1, 0.15) is 5.82 Å². The van der Waals surface area contributed by atoms with Crippen molar-refractivity contribution in [2.24, 2.45) is 5.41 Å². The van der Waals surface area contributed by atoms with Crippen LogP contribution >= 0.6 is 15.9 Å². The number of nitrogens with zero attached hydrogens (tertiary/aromatic N) is 3. The largest absolute Gasteiger partial charge is 0.444 e. The maximum atomic E-state index is 12.8. The lowest BCUT2D eigenvalue weighted by Crippen LogP contribution is -2.31. The molecule has 1 aliphatic carbocycles. The van der Waals surface area contributed by atoms with E-state index in [2.05, 4.69) is 33.1 Å². The van der Waals surface area contributed by atoms with Crippen molar-refractivity contribution < 1.29 is 9.21 Å². The normalized spacial score (nSPS) is 22.2. The first-order chi connectivity index (χ1) is 12.1. The summed E-state index contributed by atoms with van der Waals surface area (Å²) < 4.78 is 6.06. The van der Waals surface area contributed by atoms with Crippen LogP contribution in [0, 0.1) is 5.41 Å². The summed E-state index contributed by atoms with van der Waals surface area (Å²) in [5.74, 6) is 2.39. The fourth-order valence-corrected chi connectivity index (χ4v) is 4.77. The molecule has 0 bridgehead atoms. The van der Waals surface area contributed by atoms with E-state index in [0.29, 0.717) is 17.0 Å². The molecule has 134 valence electrons. The van der Waals surface area contributed by atoms with Crippen molar-refractivity contribution in [2.45, 2.75) is 51.4 Å². The molecule has 7 heteroatoms. The number of aryl methyl sites for hydroxylation is 1. The number of amides is 1. The van der Waals surface area contributed by atoms with Crippen LogP contribution in [0.2, 0.25) is 0 Å². The molecule has 3 heterocycles. The van der Waals surface area contributed by atoms with Crippen molar-refractivity contribution in [1.82, 2.24) is 20.1 Å². The van der Waals surface area contributed by atoms with Crippen LogP contribution in [-0.2, 0) is 6.42 Å². The molecule has 0 aromatic carbocycles. The fourth-order valence-electron chi connectivity index (χ4n) is 4.46. The third-order valence-corrected chi connectivity index (χ3v) is 6.09. The number of rotatable bonds is 4. The minimum Gasteiger partial charge on any atom is -0.444 e. The van der Waals surface area contributed by atoms with E-state index >= 15 is 0 Å².